The van der Waals surface area contributed by atoms with Crippen molar-refractivity contribution in [1.82, 2.24) is 5.32 Å². The van der Waals surface area contributed by atoms with Gasteiger partial charge in [0.05, 0.1) is 11.9 Å². The molecule has 0 aliphatic carbocycles. The Hall–Kier alpha value is -2.53. The zero-order valence-corrected chi connectivity index (χ0v) is 17.2. The topological polar surface area (TPSA) is 50.4 Å². The average molecular weight is 411 g/mol. The van der Waals surface area contributed by atoms with Crippen molar-refractivity contribution in [3.8, 4) is 22.6 Å². The van der Waals surface area contributed by atoms with Crippen molar-refractivity contribution >= 4 is 11.6 Å². The van der Waals surface area contributed by atoms with Crippen LogP contribution >= 0.6 is 11.6 Å². The van der Waals surface area contributed by atoms with Crippen LogP contribution in [0.2, 0.25) is 0 Å². The fraction of sp³-hybridized carbons (Fsp3) is 0.250. The third-order valence-corrected chi connectivity index (χ3v) is 4.83. The molecule has 1 unspecified atom stereocenters. The Kier molecular flexibility index (Phi) is 7.94. The van der Waals surface area contributed by atoms with Gasteiger partial charge in [-0.3, -0.25) is 0 Å². The van der Waals surface area contributed by atoms with Gasteiger partial charge in [0, 0.05) is 11.1 Å². The molecule has 29 heavy (non-hydrogen) atoms. The fourth-order valence-electron chi connectivity index (χ4n) is 3.16. The van der Waals surface area contributed by atoms with Crippen LogP contribution in [0.1, 0.15) is 17.2 Å². The number of hydrogen-bond acceptors (Lipinski definition) is 3. The zero-order valence-electron chi connectivity index (χ0n) is 16.4. The molecule has 0 heterocycles. The number of halogens is 1. The van der Waals surface area contributed by atoms with Gasteiger partial charge in [0.1, 0.15) is 31.3 Å². The Morgan fingerprint density at radius 2 is 1.69 bits per heavy atom. The van der Waals surface area contributed by atoms with E-state index in [2.05, 4.69) is 5.32 Å². The predicted molar refractivity (Wildman–Crippen MR) is 116 cm³/mol. The number of ether oxygens (including phenoxy) is 2. The van der Waals surface area contributed by atoms with Crippen molar-refractivity contribution < 1.29 is 14.6 Å². The number of hydrogen-bond donors (Lipinski definition) is 1. The van der Waals surface area contributed by atoms with Crippen LogP contribution in [0.5, 0.6) is 11.5 Å². The molecule has 3 aromatic rings. The normalized spacial score (nSPS) is 11.8. The van der Waals surface area contributed by atoms with Crippen molar-refractivity contribution in [1.29, 1.82) is 0 Å². The molecule has 3 rings (SSSR count). The summed E-state index contributed by atoms with van der Waals surface area (Å²) in [6, 6.07) is 23.5. The lowest BCUT2D eigenvalue weighted by Gasteiger charge is -2.20. The summed E-state index contributed by atoms with van der Waals surface area (Å²) in [5.41, 5.74) is 3.88. The van der Waals surface area contributed by atoms with Crippen molar-refractivity contribution in [2.45, 2.75) is 12.6 Å². The summed E-state index contributed by atoms with van der Waals surface area (Å²) < 4.78 is 11.8. The Bertz CT molecular complexity index is 880. The van der Waals surface area contributed by atoms with Crippen LogP contribution in [0.3, 0.4) is 0 Å². The van der Waals surface area contributed by atoms with Crippen molar-refractivity contribution in [2.24, 2.45) is 0 Å². The first kappa shape index (κ1) is 21.2. The van der Waals surface area contributed by atoms with Crippen LogP contribution in [0.25, 0.3) is 11.1 Å². The van der Waals surface area contributed by atoms with Gasteiger partial charge in [-0.15, -0.1) is 11.6 Å². The van der Waals surface area contributed by atoms with Crippen molar-refractivity contribution in [3.05, 3.63) is 83.9 Å². The highest BCUT2D eigenvalue weighted by Gasteiger charge is 2.18. The number of para-hydroxylation sites is 1. The minimum Gasteiger partial charge on any atom is -0.491 e. The molecule has 151 valence electrons. The van der Waals surface area contributed by atoms with E-state index >= 15 is 0 Å². The third-order valence-electron chi connectivity index (χ3n) is 4.67. The minimum atomic E-state index is -0.325. The largest absolute Gasteiger partial charge is 0.491 e. The van der Waals surface area contributed by atoms with E-state index in [1.54, 1.807) is 7.05 Å². The van der Waals surface area contributed by atoms with Crippen LogP contribution < -0.4 is 14.8 Å². The van der Waals surface area contributed by atoms with Crippen molar-refractivity contribution in [3.63, 3.8) is 0 Å². The lowest BCUT2D eigenvalue weighted by atomic mass is 9.97. The van der Waals surface area contributed by atoms with Gasteiger partial charge in [-0.25, -0.2) is 5.11 Å². The van der Waals surface area contributed by atoms with E-state index in [9.17, 15) is 5.11 Å². The third kappa shape index (κ3) is 5.51. The standard InChI is InChI=1S/C24H25ClNO3/c1-26-23(16-27)22-9-5-8-21(24(22)28-15-14-25)19-10-12-20(13-11-19)29-17-18-6-3-2-4-7-18/h2-13,23,26H,14-17H2,1H3. The van der Waals surface area contributed by atoms with Crippen LogP contribution in [-0.4, -0.2) is 26.1 Å². The summed E-state index contributed by atoms with van der Waals surface area (Å²) in [5.74, 6) is 1.87. The van der Waals surface area contributed by atoms with E-state index in [1.807, 2.05) is 72.8 Å². The maximum Gasteiger partial charge on any atom is 0.132 e. The van der Waals surface area contributed by atoms with Crippen LogP contribution in [0.4, 0.5) is 0 Å². The van der Waals surface area contributed by atoms with Gasteiger partial charge in [0.2, 0.25) is 0 Å². The van der Waals surface area contributed by atoms with E-state index < -0.39 is 0 Å². The molecule has 4 nitrogen and oxygen atoms in total. The Balaban J connectivity index is 1.84. The highest BCUT2D eigenvalue weighted by molar-refractivity contribution is 6.18. The maximum absolute atomic E-state index is 11.6. The van der Waals surface area contributed by atoms with E-state index in [4.69, 9.17) is 21.1 Å². The smallest absolute Gasteiger partial charge is 0.132 e. The highest BCUT2D eigenvalue weighted by atomic mass is 35.5. The van der Waals surface area contributed by atoms with Gasteiger partial charge in [-0.05, 0) is 30.3 Å². The van der Waals surface area contributed by atoms with Gasteiger partial charge in [-0.2, -0.15) is 0 Å². The second-order valence-electron chi connectivity index (χ2n) is 6.57. The Labute approximate surface area is 177 Å². The average Bonchev–Trinajstić information content (AvgIpc) is 2.78. The molecule has 1 N–H and O–H groups in total. The molecule has 3 aromatic carbocycles. The zero-order chi connectivity index (χ0) is 20.5. The molecule has 0 amide bonds. The summed E-state index contributed by atoms with van der Waals surface area (Å²) in [4.78, 5) is 0. The van der Waals surface area contributed by atoms with Crippen molar-refractivity contribution in [2.75, 3.05) is 26.1 Å². The quantitative estimate of drug-likeness (QED) is 0.465. The molecular weight excluding hydrogens is 386 g/mol. The molecule has 0 aliphatic rings. The molecule has 0 saturated carbocycles. The Morgan fingerprint density at radius 1 is 0.931 bits per heavy atom. The van der Waals surface area contributed by atoms with E-state index in [-0.39, 0.29) is 12.6 Å². The summed E-state index contributed by atoms with van der Waals surface area (Å²) in [5, 5.41) is 14.7. The van der Waals surface area contributed by atoms with E-state index in [0.717, 1.165) is 28.0 Å². The monoisotopic (exact) mass is 410 g/mol. The summed E-state index contributed by atoms with van der Waals surface area (Å²) in [6.07, 6.45) is 0. The number of nitrogens with one attached hydrogen (secondary N) is 1. The highest BCUT2D eigenvalue weighted by Crippen LogP contribution is 2.37. The van der Waals surface area contributed by atoms with E-state index in [0.29, 0.717) is 24.8 Å². The summed E-state index contributed by atoms with van der Waals surface area (Å²) in [6.45, 7) is 0.621. The molecule has 0 saturated heterocycles. The van der Waals surface area contributed by atoms with Gasteiger partial charge in [0.25, 0.3) is 0 Å². The number of likely N-dealkylation sites (N-methyl/N-ethyl adjacent to an activating group) is 1. The first-order chi connectivity index (χ1) is 14.3. The summed E-state index contributed by atoms with van der Waals surface area (Å²) >= 11 is 5.84. The molecule has 0 spiro atoms. The van der Waals surface area contributed by atoms with Crippen LogP contribution in [0.15, 0.2) is 72.8 Å². The van der Waals surface area contributed by atoms with Crippen LogP contribution in [0, 0.1) is 0 Å². The molecule has 5 heteroatoms. The molecule has 0 aromatic heterocycles. The predicted octanol–water partition coefficient (Wildman–Crippen LogP) is 5.24. The Morgan fingerprint density at radius 3 is 2.34 bits per heavy atom. The minimum absolute atomic E-state index is 0.274. The lowest BCUT2D eigenvalue weighted by molar-refractivity contribution is 0.160. The van der Waals surface area contributed by atoms with E-state index in [1.165, 1.54) is 0 Å². The van der Waals surface area contributed by atoms with Gasteiger partial charge < -0.3 is 14.8 Å². The van der Waals surface area contributed by atoms with Gasteiger partial charge >= 0.3 is 0 Å². The lowest BCUT2D eigenvalue weighted by Crippen LogP contribution is -2.20. The summed E-state index contributed by atoms with van der Waals surface area (Å²) in [7, 11) is 1.78. The first-order valence-electron chi connectivity index (χ1n) is 9.61. The number of rotatable bonds is 10. The first-order valence-corrected chi connectivity index (χ1v) is 10.1. The van der Waals surface area contributed by atoms with Gasteiger partial charge in [0.15, 0.2) is 0 Å². The maximum atomic E-state index is 11.6. The SMILES string of the molecule is CNC(C[O])c1cccc(-c2ccc(OCc3ccccc3)cc2)c1OCCCl. The molecular formula is C24H25ClNO3. The second-order valence-corrected chi connectivity index (χ2v) is 6.95. The van der Waals surface area contributed by atoms with Gasteiger partial charge in [-0.1, -0.05) is 60.7 Å². The second kappa shape index (κ2) is 10.9. The van der Waals surface area contributed by atoms with Crippen LogP contribution in [-0.2, 0) is 11.7 Å². The molecule has 0 bridgehead atoms. The number of benzene rings is 3. The fourth-order valence-corrected chi connectivity index (χ4v) is 3.24. The molecule has 0 aliphatic heterocycles. The molecule has 1 radical (unpaired) electrons. The molecule has 1 atom stereocenters. The number of alkyl halides is 1. The molecule has 0 fully saturated rings.